The van der Waals surface area contributed by atoms with Crippen LogP contribution >= 0.6 is 0 Å². The fourth-order valence-corrected chi connectivity index (χ4v) is 2.01. The molecule has 0 aliphatic rings. The van der Waals surface area contributed by atoms with Crippen molar-refractivity contribution in [1.29, 1.82) is 0 Å². The standard InChI is InChI=1S/C17H13FN4O/c18-14-9-5-4-8-13(14)11-19-22-17-20-15(10-16(23)21-17)12-6-2-1-3-7-12/h1-11H,(H2,20,21,22,23)/b19-11-. The topological polar surface area (TPSA) is 70.1 Å². The Kier molecular flexibility index (Phi) is 4.24. The molecule has 23 heavy (non-hydrogen) atoms. The van der Waals surface area contributed by atoms with E-state index in [-0.39, 0.29) is 17.3 Å². The van der Waals surface area contributed by atoms with E-state index in [1.54, 1.807) is 18.2 Å². The lowest BCUT2D eigenvalue weighted by atomic mass is 10.1. The molecular formula is C17H13FN4O. The van der Waals surface area contributed by atoms with Crippen molar-refractivity contribution in [2.75, 3.05) is 5.43 Å². The first-order valence-electron chi connectivity index (χ1n) is 6.93. The van der Waals surface area contributed by atoms with Crippen LogP contribution in [0.15, 0.2) is 70.6 Å². The summed E-state index contributed by atoms with van der Waals surface area (Å²) < 4.78 is 13.5. The molecule has 1 heterocycles. The summed E-state index contributed by atoms with van der Waals surface area (Å²) in [5.41, 5.74) is 3.98. The summed E-state index contributed by atoms with van der Waals surface area (Å²) >= 11 is 0. The van der Waals surface area contributed by atoms with Crippen molar-refractivity contribution in [1.82, 2.24) is 9.97 Å². The highest BCUT2D eigenvalue weighted by Crippen LogP contribution is 2.15. The number of aromatic amines is 1. The van der Waals surface area contributed by atoms with Crippen LogP contribution in [0.2, 0.25) is 0 Å². The average Bonchev–Trinajstić information content (AvgIpc) is 2.57. The van der Waals surface area contributed by atoms with Crippen LogP contribution in [0.3, 0.4) is 0 Å². The molecule has 0 unspecified atom stereocenters. The summed E-state index contributed by atoms with van der Waals surface area (Å²) in [5.74, 6) is -0.193. The van der Waals surface area contributed by atoms with Crippen LogP contribution in [0, 0.1) is 5.82 Å². The van der Waals surface area contributed by atoms with Gasteiger partial charge in [-0.25, -0.2) is 14.8 Å². The third kappa shape index (κ3) is 3.68. The van der Waals surface area contributed by atoms with Gasteiger partial charge in [-0.1, -0.05) is 48.5 Å². The number of nitrogens with zero attached hydrogens (tertiary/aromatic N) is 2. The van der Waals surface area contributed by atoms with E-state index in [1.807, 2.05) is 30.3 Å². The molecule has 0 aliphatic heterocycles. The first kappa shape index (κ1) is 14.6. The van der Waals surface area contributed by atoms with Gasteiger partial charge in [0.25, 0.3) is 5.56 Å². The van der Waals surface area contributed by atoms with Crippen molar-refractivity contribution < 1.29 is 4.39 Å². The summed E-state index contributed by atoms with van der Waals surface area (Å²) in [6.07, 6.45) is 1.32. The third-order valence-electron chi connectivity index (χ3n) is 3.09. The Bertz CT molecular complexity index is 890. The van der Waals surface area contributed by atoms with Crippen molar-refractivity contribution in [3.8, 4) is 11.3 Å². The monoisotopic (exact) mass is 308 g/mol. The number of rotatable bonds is 4. The Morgan fingerprint density at radius 2 is 1.83 bits per heavy atom. The number of halogens is 1. The van der Waals surface area contributed by atoms with Crippen molar-refractivity contribution in [3.05, 3.63) is 82.4 Å². The second kappa shape index (κ2) is 6.65. The number of hydrazone groups is 1. The number of aromatic nitrogens is 2. The molecule has 3 aromatic rings. The molecule has 0 fully saturated rings. The lowest BCUT2D eigenvalue weighted by Crippen LogP contribution is -2.10. The Balaban J connectivity index is 1.83. The predicted octanol–water partition coefficient (Wildman–Crippen LogP) is 3.02. The van der Waals surface area contributed by atoms with Gasteiger partial charge in [0.1, 0.15) is 5.82 Å². The maximum Gasteiger partial charge on any atom is 0.252 e. The van der Waals surface area contributed by atoms with E-state index in [0.717, 1.165) is 5.56 Å². The van der Waals surface area contributed by atoms with Crippen LogP contribution in [0.4, 0.5) is 10.3 Å². The summed E-state index contributed by atoms with van der Waals surface area (Å²) in [4.78, 5) is 18.5. The van der Waals surface area contributed by atoms with Gasteiger partial charge in [-0.3, -0.25) is 9.78 Å². The highest BCUT2D eigenvalue weighted by Gasteiger charge is 2.03. The first-order chi connectivity index (χ1) is 11.2. The smallest absolute Gasteiger partial charge is 0.252 e. The highest BCUT2D eigenvalue weighted by molar-refractivity contribution is 5.80. The zero-order valence-electron chi connectivity index (χ0n) is 12.0. The Labute approximate surface area is 131 Å². The lowest BCUT2D eigenvalue weighted by Gasteiger charge is -2.03. The molecule has 114 valence electrons. The molecule has 2 N–H and O–H groups in total. The van der Waals surface area contributed by atoms with Gasteiger partial charge in [0.2, 0.25) is 5.95 Å². The Morgan fingerprint density at radius 3 is 2.61 bits per heavy atom. The second-order valence-corrected chi connectivity index (χ2v) is 4.74. The molecule has 0 atom stereocenters. The molecule has 0 saturated heterocycles. The molecule has 0 amide bonds. The zero-order valence-corrected chi connectivity index (χ0v) is 12.0. The third-order valence-corrected chi connectivity index (χ3v) is 3.09. The molecule has 0 saturated carbocycles. The molecule has 0 aliphatic carbocycles. The van der Waals surface area contributed by atoms with Crippen molar-refractivity contribution in [2.45, 2.75) is 0 Å². The van der Waals surface area contributed by atoms with Crippen molar-refractivity contribution in [2.24, 2.45) is 5.10 Å². The second-order valence-electron chi connectivity index (χ2n) is 4.74. The number of hydrogen-bond donors (Lipinski definition) is 2. The molecule has 0 radical (unpaired) electrons. The molecule has 2 aromatic carbocycles. The van der Waals surface area contributed by atoms with E-state index >= 15 is 0 Å². The average molecular weight is 308 g/mol. The number of nitrogens with one attached hydrogen (secondary N) is 2. The van der Waals surface area contributed by atoms with E-state index in [4.69, 9.17) is 0 Å². The minimum atomic E-state index is -0.377. The quantitative estimate of drug-likeness (QED) is 0.575. The van der Waals surface area contributed by atoms with E-state index in [9.17, 15) is 9.18 Å². The molecule has 3 rings (SSSR count). The van der Waals surface area contributed by atoms with Crippen molar-refractivity contribution in [3.63, 3.8) is 0 Å². The van der Waals surface area contributed by atoms with Gasteiger partial charge in [0.05, 0.1) is 11.9 Å². The minimum Gasteiger partial charge on any atom is -0.291 e. The first-order valence-corrected chi connectivity index (χ1v) is 6.93. The summed E-state index contributed by atoms with van der Waals surface area (Å²) in [5, 5.41) is 3.90. The maximum atomic E-state index is 13.5. The van der Waals surface area contributed by atoms with Crippen LogP contribution in [0.1, 0.15) is 5.56 Å². The predicted molar refractivity (Wildman–Crippen MR) is 87.9 cm³/mol. The molecule has 1 aromatic heterocycles. The van der Waals surface area contributed by atoms with Crippen LogP contribution in [0.5, 0.6) is 0 Å². The number of benzene rings is 2. The van der Waals surface area contributed by atoms with E-state index < -0.39 is 0 Å². The summed E-state index contributed by atoms with van der Waals surface area (Å²) in [6.45, 7) is 0. The lowest BCUT2D eigenvalue weighted by molar-refractivity contribution is 0.626. The van der Waals surface area contributed by atoms with Gasteiger partial charge >= 0.3 is 0 Å². The maximum absolute atomic E-state index is 13.5. The number of H-pyrrole nitrogens is 1. The van der Waals surface area contributed by atoms with Crippen LogP contribution in [0.25, 0.3) is 11.3 Å². The SMILES string of the molecule is O=c1cc(-c2ccccc2)nc(N/N=C\c2ccccc2F)[nH]1. The number of anilines is 1. The Hall–Kier alpha value is -3.28. The van der Waals surface area contributed by atoms with Crippen molar-refractivity contribution >= 4 is 12.2 Å². The molecule has 6 heteroatoms. The molecular weight excluding hydrogens is 295 g/mol. The van der Waals surface area contributed by atoms with Crippen LogP contribution in [-0.2, 0) is 0 Å². The molecule has 0 spiro atoms. The minimum absolute atomic E-state index is 0.184. The fourth-order valence-electron chi connectivity index (χ4n) is 2.01. The van der Waals surface area contributed by atoms with Gasteiger partial charge in [-0.2, -0.15) is 5.10 Å². The molecule has 0 bridgehead atoms. The largest absolute Gasteiger partial charge is 0.291 e. The number of hydrogen-bond acceptors (Lipinski definition) is 4. The van der Waals surface area contributed by atoms with Crippen LogP contribution in [-0.4, -0.2) is 16.2 Å². The van der Waals surface area contributed by atoms with E-state index in [0.29, 0.717) is 11.3 Å². The normalized spacial score (nSPS) is 10.8. The zero-order chi connectivity index (χ0) is 16.1. The van der Waals surface area contributed by atoms with E-state index in [1.165, 1.54) is 18.3 Å². The highest BCUT2D eigenvalue weighted by atomic mass is 19.1. The summed E-state index contributed by atoms with van der Waals surface area (Å²) in [6, 6.07) is 17.0. The van der Waals surface area contributed by atoms with Gasteiger partial charge in [0, 0.05) is 17.2 Å². The van der Waals surface area contributed by atoms with Gasteiger partial charge in [0.15, 0.2) is 0 Å². The van der Waals surface area contributed by atoms with Gasteiger partial charge < -0.3 is 0 Å². The molecule has 5 nitrogen and oxygen atoms in total. The summed E-state index contributed by atoms with van der Waals surface area (Å²) in [7, 11) is 0. The fraction of sp³-hybridized carbons (Fsp3) is 0. The Morgan fingerprint density at radius 1 is 1.09 bits per heavy atom. The van der Waals surface area contributed by atoms with Gasteiger partial charge in [-0.15, -0.1) is 0 Å². The van der Waals surface area contributed by atoms with Gasteiger partial charge in [-0.05, 0) is 6.07 Å². The van der Waals surface area contributed by atoms with E-state index in [2.05, 4.69) is 20.5 Å². The van der Waals surface area contributed by atoms with Crippen LogP contribution < -0.4 is 11.0 Å².